The average Bonchev–Trinajstić information content (AvgIpc) is 2.30. The third-order valence-electron chi connectivity index (χ3n) is 2.88. The van der Waals surface area contributed by atoms with E-state index in [2.05, 4.69) is 0 Å². The molecule has 0 aliphatic carbocycles. The summed E-state index contributed by atoms with van der Waals surface area (Å²) in [4.78, 5) is 0. The molecule has 3 nitrogen and oxygen atoms in total. The third kappa shape index (κ3) is 14.7. The average molecular weight is 312 g/mol. The van der Waals surface area contributed by atoms with Gasteiger partial charge < -0.3 is 0 Å². The Labute approximate surface area is 131 Å². The van der Waals surface area contributed by atoms with Crippen molar-refractivity contribution in [1.82, 2.24) is 0 Å². The third-order valence-corrected chi connectivity index (χ3v) is 3.62. The van der Waals surface area contributed by atoms with Gasteiger partial charge >= 0.3 is 18.9 Å². The van der Waals surface area contributed by atoms with E-state index in [1.807, 2.05) is 0 Å². The van der Waals surface area contributed by atoms with Crippen LogP contribution in [-0.2, 0) is 10.1 Å². The summed E-state index contributed by atoms with van der Waals surface area (Å²) in [6.07, 6.45) is 1.36. The molecule has 0 aromatic carbocycles. The first-order valence-electron chi connectivity index (χ1n) is 6.66. The SMILES string of the molecule is O=S(=O)(O)CC(F)C(F)CCCCCCCCCF.[LiH]. The van der Waals surface area contributed by atoms with Crippen LogP contribution in [-0.4, -0.2) is 56.6 Å². The summed E-state index contributed by atoms with van der Waals surface area (Å²) < 4.78 is 67.2. The van der Waals surface area contributed by atoms with Crippen LogP contribution in [0, 0.1) is 0 Å². The number of halogens is 3. The van der Waals surface area contributed by atoms with Crippen LogP contribution < -0.4 is 0 Å². The van der Waals surface area contributed by atoms with Crippen molar-refractivity contribution in [2.75, 3.05) is 12.4 Å². The molecule has 0 heterocycles. The van der Waals surface area contributed by atoms with Crippen LogP contribution >= 0.6 is 0 Å². The van der Waals surface area contributed by atoms with Crippen molar-refractivity contribution in [2.45, 2.75) is 63.7 Å². The van der Waals surface area contributed by atoms with Gasteiger partial charge in [-0.3, -0.25) is 8.94 Å². The summed E-state index contributed by atoms with van der Waals surface area (Å²) >= 11 is 0. The van der Waals surface area contributed by atoms with Crippen molar-refractivity contribution in [3.63, 3.8) is 0 Å². The van der Waals surface area contributed by atoms with Gasteiger partial charge in [0.25, 0.3) is 10.1 Å². The van der Waals surface area contributed by atoms with Gasteiger partial charge in [-0.05, 0) is 12.8 Å². The van der Waals surface area contributed by atoms with Gasteiger partial charge in [0.2, 0.25) is 0 Å². The molecule has 118 valence electrons. The molecule has 0 aliphatic heterocycles. The Morgan fingerprint density at radius 3 is 1.75 bits per heavy atom. The van der Waals surface area contributed by atoms with E-state index in [9.17, 15) is 21.6 Å². The van der Waals surface area contributed by atoms with Crippen LogP contribution in [0.5, 0.6) is 0 Å². The van der Waals surface area contributed by atoms with Gasteiger partial charge in [0.05, 0.1) is 6.67 Å². The number of alkyl halides is 3. The second-order valence-corrected chi connectivity index (χ2v) is 6.23. The number of unbranched alkanes of at least 4 members (excludes halogenated alkanes) is 6. The Hall–Kier alpha value is 0.297. The van der Waals surface area contributed by atoms with Crippen molar-refractivity contribution < 1.29 is 26.1 Å². The van der Waals surface area contributed by atoms with Gasteiger partial charge in [-0.15, -0.1) is 0 Å². The van der Waals surface area contributed by atoms with Crippen molar-refractivity contribution in [3.8, 4) is 0 Å². The molecule has 0 aromatic heterocycles. The summed E-state index contributed by atoms with van der Waals surface area (Å²) in [5.74, 6) is -1.18. The molecular weight excluding hydrogens is 288 g/mol. The Bertz CT molecular complexity index is 315. The van der Waals surface area contributed by atoms with Crippen LogP contribution in [0.1, 0.15) is 51.4 Å². The standard InChI is InChI=1S/C12H23F3O3S.Li.H/c13-9-7-5-3-1-2-4-6-8-11(14)12(15)10-19(16,17)18;;/h11-12H,1-10H2,(H,16,17,18);;. The van der Waals surface area contributed by atoms with E-state index in [4.69, 9.17) is 4.55 Å². The second kappa shape index (κ2) is 13.0. The van der Waals surface area contributed by atoms with Gasteiger partial charge in [-0.25, -0.2) is 8.78 Å². The molecule has 0 fully saturated rings. The molecule has 0 saturated carbocycles. The molecule has 0 bridgehead atoms. The van der Waals surface area contributed by atoms with E-state index in [1.54, 1.807) is 0 Å². The van der Waals surface area contributed by atoms with E-state index in [-0.39, 0.29) is 32.0 Å². The van der Waals surface area contributed by atoms with Crippen LogP contribution in [0.3, 0.4) is 0 Å². The van der Waals surface area contributed by atoms with E-state index < -0.39 is 28.2 Å². The zero-order chi connectivity index (χ0) is 14.7. The van der Waals surface area contributed by atoms with Crippen molar-refractivity contribution >= 4 is 29.0 Å². The summed E-state index contributed by atoms with van der Waals surface area (Å²) in [6.45, 7) is -0.296. The van der Waals surface area contributed by atoms with Crippen molar-refractivity contribution in [3.05, 3.63) is 0 Å². The van der Waals surface area contributed by atoms with Gasteiger partial charge in [-0.2, -0.15) is 8.42 Å². The first-order chi connectivity index (χ1) is 8.87. The summed E-state index contributed by atoms with van der Waals surface area (Å²) in [5, 5.41) is 0. The minimum absolute atomic E-state index is 0. The molecular formula is C12H24F3LiO3S. The summed E-state index contributed by atoms with van der Waals surface area (Å²) in [5.41, 5.74) is 0. The molecule has 0 saturated heterocycles. The monoisotopic (exact) mass is 312 g/mol. The fourth-order valence-electron chi connectivity index (χ4n) is 1.80. The van der Waals surface area contributed by atoms with Gasteiger partial charge in [-0.1, -0.05) is 38.5 Å². The molecule has 2 atom stereocenters. The molecule has 0 rings (SSSR count). The molecule has 2 unspecified atom stereocenters. The van der Waals surface area contributed by atoms with Crippen LogP contribution in [0.2, 0.25) is 0 Å². The summed E-state index contributed by atoms with van der Waals surface area (Å²) in [7, 11) is -4.46. The number of hydrogen-bond donors (Lipinski definition) is 1. The maximum atomic E-state index is 13.2. The maximum absolute atomic E-state index is 13.2. The minimum atomic E-state index is -4.46. The second-order valence-electron chi connectivity index (χ2n) is 4.73. The van der Waals surface area contributed by atoms with Gasteiger partial charge in [0.1, 0.15) is 18.1 Å². The zero-order valence-corrected chi connectivity index (χ0v) is 11.8. The zero-order valence-electron chi connectivity index (χ0n) is 11.0. The van der Waals surface area contributed by atoms with E-state index >= 15 is 0 Å². The molecule has 20 heavy (non-hydrogen) atoms. The predicted octanol–water partition coefficient (Wildman–Crippen LogP) is 2.99. The molecule has 0 radical (unpaired) electrons. The van der Waals surface area contributed by atoms with Crippen LogP contribution in [0.15, 0.2) is 0 Å². The van der Waals surface area contributed by atoms with Gasteiger partial charge in [0.15, 0.2) is 0 Å². The van der Waals surface area contributed by atoms with E-state index in [0.29, 0.717) is 12.8 Å². The van der Waals surface area contributed by atoms with Crippen molar-refractivity contribution in [2.24, 2.45) is 0 Å². The Morgan fingerprint density at radius 2 is 1.30 bits per heavy atom. The first-order valence-corrected chi connectivity index (χ1v) is 8.27. The van der Waals surface area contributed by atoms with Gasteiger partial charge in [0, 0.05) is 0 Å². The quantitative estimate of drug-likeness (QED) is 0.342. The number of rotatable bonds is 12. The topological polar surface area (TPSA) is 54.4 Å². The van der Waals surface area contributed by atoms with Crippen LogP contribution in [0.25, 0.3) is 0 Å². The van der Waals surface area contributed by atoms with E-state index in [1.165, 1.54) is 0 Å². The number of hydrogen-bond acceptors (Lipinski definition) is 2. The predicted molar refractivity (Wildman–Crippen MR) is 76.3 cm³/mol. The Kier molecular flexibility index (Phi) is 14.7. The molecule has 0 aromatic rings. The van der Waals surface area contributed by atoms with E-state index in [0.717, 1.165) is 32.1 Å². The normalized spacial score (nSPS) is 14.6. The summed E-state index contributed by atoms with van der Waals surface area (Å²) in [6, 6.07) is 0. The Morgan fingerprint density at radius 1 is 0.850 bits per heavy atom. The molecule has 8 heteroatoms. The molecule has 0 spiro atoms. The molecule has 1 N–H and O–H groups in total. The van der Waals surface area contributed by atoms with Crippen molar-refractivity contribution in [1.29, 1.82) is 0 Å². The first kappa shape index (κ1) is 22.6. The van der Waals surface area contributed by atoms with Crippen LogP contribution in [0.4, 0.5) is 13.2 Å². The Balaban J connectivity index is 0. The fraction of sp³-hybridized carbons (Fsp3) is 1.00. The molecule has 0 aliphatic rings. The molecule has 0 amide bonds. The fourth-order valence-corrected chi connectivity index (χ4v) is 2.42.